The third kappa shape index (κ3) is 4.63. The fourth-order valence-corrected chi connectivity index (χ4v) is 4.06. The standard InChI is InChI=1S/C23H27FN4OS/c1-14-11-16(3)20(12-15(14)2)21(29)13-30-23-26-25-22(17(4)27(5)6)28(23)19-9-7-18(24)8-10-19/h7-12,17H,13H2,1-6H3/p+1/t17-/m1/s1. The van der Waals surface area contributed by atoms with Crippen LogP contribution in [-0.2, 0) is 0 Å². The van der Waals surface area contributed by atoms with Crippen molar-refractivity contribution < 1.29 is 14.1 Å². The number of rotatable bonds is 7. The van der Waals surface area contributed by atoms with Gasteiger partial charge in [0, 0.05) is 11.3 Å². The third-order valence-corrected chi connectivity index (χ3v) is 6.40. The number of aromatic nitrogens is 3. The van der Waals surface area contributed by atoms with Crippen LogP contribution >= 0.6 is 11.8 Å². The van der Waals surface area contributed by atoms with Gasteiger partial charge < -0.3 is 4.90 Å². The molecule has 1 atom stereocenters. The molecule has 158 valence electrons. The van der Waals surface area contributed by atoms with E-state index in [-0.39, 0.29) is 23.4 Å². The topological polar surface area (TPSA) is 52.2 Å². The predicted molar refractivity (Wildman–Crippen MR) is 118 cm³/mol. The van der Waals surface area contributed by atoms with Crippen LogP contribution in [0.3, 0.4) is 0 Å². The highest BCUT2D eigenvalue weighted by Crippen LogP contribution is 2.26. The lowest BCUT2D eigenvalue weighted by molar-refractivity contribution is -0.890. The Balaban J connectivity index is 1.92. The number of ketones is 1. The van der Waals surface area contributed by atoms with Gasteiger partial charge in [0.25, 0.3) is 0 Å². The van der Waals surface area contributed by atoms with E-state index < -0.39 is 0 Å². The van der Waals surface area contributed by atoms with E-state index >= 15 is 0 Å². The van der Waals surface area contributed by atoms with Gasteiger partial charge in [0.1, 0.15) is 11.9 Å². The molecule has 0 aliphatic carbocycles. The van der Waals surface area contributed by atoms with Crippen molar-refractivity contribution in [1.82, 2.24) is 14.8 Å². The molecule has 30 heavy (non-hydrogen) atoms. The monoisotopic (exact) mass is 427 g/mol. The molecular formula is C23H28FN4OS+. The minimum atomic E-state index is -0.297. The second kappa shape index (κ2) is 9.10. The van der Waals surface area contributed by atoms with Gasteiger partial charge in [0.15, 0.2) is 16.8 Å². The molecular weight excluding hydrogens is 399 g/mol. The van der Waals surface area contributed by atoms with Gasteiger partial charge in [-0.1, -0.05) is 17.8 Å². The quantitative estimate of drug-likeness (QED) is 0.463. The lowest BCUT2D eigenvalue weighted by Gasteiger charge is -2.18. The van der Waals surface area contributed by atoms with Crippen molar-refractivity contribution in [2.75, 3.05) is 19.8 Å². The van der Waals surface area contributed by atoms with Crippen LogP contribution in [0.2, 0.25) is 0 Å². The molecule has 0 amide bonds. The van der Waals surface area contributed by atoms with Gasteiger partial charge in [-0.05, 0) is 74.7 Å². The van der Waals surface area contributed by atoms with Crippen LogP contribution in [0.1, 0.15) is 45.8 Å². The molecule has 3 aromatic rings. The van der Waals surface area contributed by atoms with E-state index in [0.717, 1.165) is 28.2 Å². The van der Waals surface area contributed by atoms with E-state index in [1.807, 2.05) is 51.6 Å². The Labute approximate surface area is 181 Å². The smallest absolute Gasteiger partial charge is 0.196 e. The Morgan fingerprint density at radius 2 is 1.70 bits per heavy atom. The number of Topliss-reactive ketones (excluding diaryl/α,β-unsaturated/α-hetero) is 1. The number of hydrogen-bond donors (Lipinski definition) is 1. The van der Waals surface area contributed by atoms with Crippen molar-refractivity contribution in [3.05, 3.63) is 70.3 Å². The van der Waals surface area contributed by atoms with Crippen molar-refractivity contribution in [1.29, 1.82) is 0 Å². The molecule has 0 aliphatic rings. The van der Waals surface area contributed by atoms with Crippen molar-refractivity contribution in [3.63, 3.8) is 0 Å². The number of carbonyl (C=O) groups excluding carboxylic acids is 1. The molecule has 5 nitrogen and oxygen atoms in total. The van der Waals surface area contributed by atoms with E-state index in [1.54, 1.807) is 12.1 Å². The van der Waals surface area contributed by atoms with Gasteiger partial charge >= 0.3 is 0 Å². The second-order valence-electron chi connectivity index (χ2n) is 7.91. The van der Waals surface area contributed by atoms with Crippen LogP contribution in [0, 0.1) is 26.6 Å². The summed E-state index contributed by atoms with van der Waals surface area (Å²) in [6.45, 7) is 8.09. The average Bonchev–Trinajstić information content (AvgIpc) is 3.12. The molecule has 2 aromatic carbocycles. The molecule has 0 radical (unpaired) electrons. The lowest BCUT2D eigenvalue weighted by Crippen LogP contribution is -3.05. The Morgan fingerprint density at radius 1 is 1.07 bits per heavy atom. The number of quaternary nitrogens is 1. The van der Waals surface area contributed by atoms with Crippen molar-refractivity contribution in [3.8, 4) is 5.69 Å². The highest BCUT2D eigenvalue weighted by atomic mass is 32.2. The van der Waals surface area contributed by atoms with Gasteiger partial charge in [-0.3, -0.25) is 9.36 Å². The molecule has 0 fully saturated rings. The lowest BCUT2D eigenvalue weighted by atomic mass is 9.99. The Hall–Kier alpha value is -2.51. The third-order valence-electron chi connectivity index (χ3n) is 5.47. The van der Waals surface area contributed by atoms with Gasteiger partial charge in [-0.15, -0.1) is 10.2 Å². The van der Waals surface area contributed by atoms with Crippen LogP contribution in [0.25, 0.3) is 5.69 Å². The summed E-state index contributed by atoms with van der Waals surface area (Å²) in [5, 5.41) is 9.38. The van der Waals surface area contributed by atoms with Crippen LogP contribution in [-0.4, -0.2) is 40.4 Å². The number of hydrogen-bond acceptors (Lipinski definition) is 4. The average molecular weight is 428 g/mol. The van der Waals surface area contributed by atoms with Crippen LogP contribution in [0.5, 0.6) is 0 Å². The highest BCUT2D eigenvalue weighted by molar-refractivity contribution is 7.99. The first-order valence-electron chi connectivity index (χ1n) is 9.94. The van der Waals surface area contributed by atoms with Gasteiger partial charge in [0.05, 0.1) is 19.8 Å². The zero-order valence-corrected chi connectivity index (χ0v) is 19.1. The van der Waals surface area contributed by atoms with Crippen LogP contribution < -0.4 is 4.90 Å². The molecule has 1 aromatic heterocycles. The SMILES string of the molecule is Cc1cc(C)c(C(=O)CSc2nnc([C@@H](C)[NH+](C)C)n2-c2ccc(F)cc2)cc1C. The van der Waals surface area contributed by atoms with Crippen molar-refractivity contribution in [2.45, 2.75) is 38.9 Å². The van der Waals surface area contributed by atoms with Crippen LogP contribution in [0.4, 0.5) is 4.39 Å². The number of aryl methyl sites for hydroxylation is 3. The van der Waals surface area contributed by atoms with Gasteiger partial charge in [-0.25, -0.2) is 4.39 Å². The summed E-state index contributed by atoms with van der Waals surface area (Å²) in [4.78, 5) is 14.1. The van der Waals surface area contributed by atoms with Gasteiger partial charge in [0.2, 0.25) is 0 Å². The molecule has 0 saturated carbocycles. The number of halogens is 1. The predicted octanol–water partition coefficient (Wildman–Crippen LogP) is 3.51. The van der Waals surface area contributed by atoms with E-state index in [1.165, 1.54) is 34.4 Å². The summed E-state index contributed by atoms with van der Waals surface area (Å²) < 4.78 is 15.4. The fraction of sp³-hybridized carbons (Fsp3) is 0.348. The maximum absolute atomic E-state index is 13.5. The number of thioether (sulfide) groups is 1. The maximum Gasteiger partial charge on any atom is 0.196 e. The molecule has 0 unspecified atom stereocenters. The van der Waals surface area contributed by atoms with E-state index in [0.29, 0.717) is 5.16 Å². The summed E-state index contributed by atoms with van der Waals surface area (Å²) in [6, 6.07) is 10.3. The van der Waals surface area contributed by atoms with Crippen molar-refractivity contribution >= 4 is 17.5 Å². The largest absolute Gasteiger partial charge is 0.331 e. The van der Waals surface area contributed by atoms with Crippen LogP contribution in [0.15, 0.2) is 41.6 Å². The van der Waals surface area contributed by atoms with E-state index in [9.17, 15) is 9.18 Å². The molecule has 3 rings (SSSR count). The summed E-state index contributed by atoms with van der Waals surface area (Å²) in [7, 11) is 4.10. The van der Waals surface area contributed by atoms with Gasteiger partial charge in [-0.2, -0.15) is 0 Å². The summed E-state index contributed by atoms with van der Waals surface area (Å²) in [5.74, 6) is 0.793. The van der Waals surface area contributed by atoms with Crippen molar-refractivity contribution in [2.24, 2.45) is 0 Å². The zero-order valence-electron chi connectivity index (χ0n) is 18.3. The molecule has 0 spiro atoms. The normalized spacial score (nSPS) is 12.4. The minimum Gasteiger partial charge on any atom is -0.331 e. The molecule has 1 heterocycles. The zero-order chi connectivity index (χ0) is 22.0. The number of carbonyl (C=O) groups is 1. The molecule has 0 aliphatic heterocycles. The first-order chi connectivity index (χ1) is 14.2. The summed E-state index contributed by atoms with van der Waals surface area (Å²) in [5.41, 5.74) is 4.78. The molecule has 1 N–H and O–H groups in total. The number of nitrogens with one attached hydrogen (secondary N) is 1. The Kier molecular flexibility index (Phi) is 6.73. The first-order valence-corrected chi connectivity index (χ1v) is 10.9. The van der Waals surface area contributed by atoms with E-state index in [4.69, 9.17) is 0 Å². The molecule has 0 saturated heterocycles. The minimum absolute atomic E-state index is 0.0575. The highest BCUT2D eigenvalue weighted by Gasteiger charge is 2.24. The number of benzene rings is 2. The summed E-state index contributed by atoms with van der Waals surface area (Å²) in [6.07, 6.45) is 0. The molecule has 0 bridgehead atoms. The van der Waals surface area contributed by atoms with E-state index in [2.05, 4.69) is 17.1 Å². The maximum atomic E-state index is 13.5. The summed E-state index contributed by atoms with van der Waals surface area (Å²) >= 11 is 1.35. The Bertz CT molecular complexity index is 1060. The molecule has 7 heteroatoms. The number of nitrogens with zero attached hydrogens (tertiary/aromatic N) is 3. The second-order valence-corrected chi connectivity index (χ2v) is 8.86. The Morgan fingerprint density at radius 3 is 2.33 bits per heavy atom. The fourth-order valence-electron chi connectivity index (χ4n) is 3.21. The first kappa shape index (κ1) is 22.2.